The minimum atomic E-state index is -4.85. The Morgan fingerprint density at radius 3 is 2.41 bits per heavy atom. The number of sulfone groups is 1. The molecule has 1 aliphatic rings. The molecule has 1 aliphatic carbocycles. The van der Waals surface area contributed by atoms with Crippen molar-refractivity contribution in [3.8, 4) is 0 Å². The normalized spacial score (nSPS) is 15.0. The van der Waals surface area contributed by atoms with E-state index in [2.05, 4.69) is 0 Å². The van der Waals surface area contributed by atoms with E-state index in [-0.39, 0.29) is 11.1 Å². The standard InChI is InChI=1S/C10H6F4O2S/c11-5-3-6-7(4-5)9(2-1-8(6)12)17(15,16)10(13)14/h1-2,4,10H,3H2. The Balaban J connectivity index is 2.71. The highest BCUT2D eigenvalue weighted by Crippen LogP contribution is 2.34. The number of rotatable bonds is 2. The maximum absolute atomic E-state index is 13.3. The van der Waals surface area contributed by atoms with Crippen LogP contribution in [0.1, 0.15) is 11.1 Å². The molecule has 92 valence electrons. The minimum absolute atomic E-state index is 0.204. The summed E-state index contributed by atoms with van der Waals surface area (Å²) in [4.78, 5) is -0.739. The SMILES string of the molecule is O=S(=O)(c1ccc(F)c2c1C=C(F)C2)C(F)F. The molecular weight excluding hydrogens is 260 g/mol. The summed E-state index contributed by atoms with van der Waals surface area (Å²) in [6.45, 7) is 0. The van der Waals surface area contributed by atoms with Crippen LogP contribution in [0.2, 0.25) is 0 Å². The average Bonchev–Trinajstić information content (AvgIpc) is 2.60. The molecule has 0 fully saturated rings. The van der Waals surface area contributed by atoms with E-state index in [1.165, 1.54) is 0 Å². The molecule has 1 aromatic rings. The molecule has 1 aromatic carbocycles. The molecule has 0 heterocycles. The smallest absolute Gasteiger partial charge is 0.218 e. The van der Waals surface area contributed by atoms with E-state index in [0.29, 0.717) is 0 Å². The van der Waals surface area contributed by atoms with E-state index >= 15 is 0 Å². The van der Waals surface area contributed by atoms with Crippen LogP contribution in [0.5, 0.6) is 0 Å². The van der Waals surface area contributed by atoms with Crippen LogP contribution in [0.15, 0.2) is 22.9 Å². The molecule has 0 radical (unpaired) electrons. The third-order valence-corrected chi connectivity index (χ3v) is 3.89. The van der Waals surface area contributed by atoms with Gasteiger partial charge in [-0.25, -0.2) is 17.2 Å². The van der Waals surface area contributed by atoms with Gasteiger partial charge in [-0.1, -0.05) is 0 Å². The lowest BCUT2D eigenvalue weighted by molar-refractivity contribution is 0.234. The van der Waals surface area contributed by atoms with Crippen LogP contribution in [0.25, 0.3) is 6.08 Å². The summed E-state index contributed by atoms with van der Waals surface area (Å²) in [7, 11) is -4.85. The van der Waals surface area contributed by atoms with Crippen molar-refractivity contribution in [1.82, 2.24) is 0 Å². The van der Waals surface area contributed by atoms with Crippen molar-refractivity contribution < 1.29 is 26.0 Å². The van der Waals surface area contributed by atoms with Crippen molar-refractivity contribution in [2.24, 2.45) is 0 Å². The molecule has 0 atom stereocenters. The number of hydrogen-bond acceptors (Lipinski definition) is 2. The maximum atomic E-state index is 13.3. The Hall–Kier alpha value is -1.37. The number of fused-ring (bicyclic) bond motifs is 1. The lowest BCUT2D eigenvalue weighted by Gasteiger charge is -2.08. The number of halogens is 4. The maximum Gasteiger partial charge on any atom is 0.341 e. The fourth-order valence-electron chi connectivity index (χ4n) is 1.68. The van der Waals surface area contributed by atoms with Gasteiger partial charge in [0.25, 0.3) is 0 Å². The zero-order chi connectivity index (χ0) is 12.8. The third kappa shape index (κ3) is 1.84. The zero-order valence-corrected chi connectivity index (χ0v) is 9.07. The van der Waals surface area contributed by atoms with Crippen LogP contribution in [0.3, 0.4) is 0 Å². The summed E-state index contributed by atoms with van der Waals surface area (Å²) in [6.07, 6.45) is 0.363. The van der Waals surface area contributed by atoms with Crippen molar-refractivity contribution in [1.29, 1.82) is 0 Å². The van der Waals surface area contributed by atoms with Crippen LogP contribution in [0, 0.1) is 5.82 Å². The molecule has 0 spiro atoms. The Morgan fingerprint density at radius 1 is 1.18 bits per heavy atom. The Bertz CT molecular complexity index is 605. The molecule has 0 aliphatic heterocycles. The molecule has 0 saturated heterocycles. The van der Waals surface area contributed by atoms with Crippen molar-refractivity contribution >= 4 is 15.9 Å². The lowest BCUT2D eigenvalue weighted by Crippen LogP contribution is -2.13. The van der Waals surface area contributed by atoms with Crippen LogP contribution in [-0.4, -0.2) is 14.2 Å². The van der Waals surface area contributed by atoms with E-state index in [4.69, 9.17) is 0 Å². The monoisotopic (exact) mass is 266 g/mol. The molecule has 7 heteroatoms. The summed E-state index contributed by atoms with van der Waals surface area (Å²) in [5, 5.41) is 0. The second kappa shape index (κ2) is 3.83. The molecule has 0 aromatic heterocycles. The van der Waals surface area contributed by atoms with Crippen LogP contribution in [0.4, 0.5) is 17.6 Å². The number of benzene rings is 1. The first kappa shape index (κ1) is 12.1. The molecule has 17 heavy (non-hydrogen) atoms. The zero-order valence-electron chi connectivity index (χ0n) is 8.25. The van der Waals surface area contributed by atoms with Gasteiger partial charge in [0.1, 0.15) is 11.6 Å². The molecule has 0 saturated carbocycles. The van der Waals surface area contributed by atoms with Gasteiger partial charge in [0.15, 0.2) is 0 Å². The first-order valence-electron chi connectivity index (χ1n) is 4.53. The van der Waals surface area contributed by atoms with E-state index in [0.717, 1.165) is 18.2 Å². The van der Waals surface area contributed by atoms with Gasteiger partial charge in [-0.3, -0.25) is 0 Å². The Morgan fingerprint density at radius 2 is 1.82 bits per heavy atom. The number of hydrogen-bond donors (Lipinski definition) is 0. The van der Waals surface area contributed by atoms with Crippen LogP contribution >= 0.6 is 0 Å². The lowest BCUT2D eigenvalue weighted by atomic mass is 10.1. The second-order valence-corrected chi connectivity index (χ2v) is 5.40. The highest BCUT2D eigenvalue weighted by molar-refractivity contribution is 7.91. The van der Waals surface area contributed by atoms with E-state index in [9.17, 15) is 26.0 Å². The topological polar surface area (TPSA) is 34.1 Å². The summed E-state index contributed by atoms with van der Waals surface area (Å²) in [6, 6.07) is 1.48. The summed E-state index contributed by atoms with van der Waals surface area (Å²) < 4.78 is 73.5. The quantitative estimate of drug-likeness (QED) is 0.609. The van der Waals surface area contributed by atoms with Gasteiger partial charge in [0.2, 0.25) is 9.84 Å². The Labute approximate surface area is 94.5 Å². The highest BCUT2D eigenvalue weighted by Gasteiger charge is 2.32. The van der Waals surface area contributed by atoms with Crippen LogP contribution < -0.4 is 0 Å². The van der Waals surface area contributed by atoms with Gasteiger partial charge < -0.3 is 0 Å². The third-order valence-electron chi connectivity index (χ3n) is 2.45. The summed E-state index contributed by atoms with van der Waals surface area (Å²) in [5.41, 5.74) is -0.521. The van der Waals surface area contributed by atoms with E-state index < -0.39 is 38.6 Å². The van der Waals surface area contributed by atoms with Gasteiger partial charge >= 0.3 is 5.76 Å². The van der Waals surface area contributed by atoms with Gasteiger partial charge in [-0.2, -0.15) is 8.78 Å². The summed E-state index contributed by atoms with van der Waals surface area (Å²) >= 11 is 0. The predicted octanol–water partition coefficient (Wildman–Crippen LogP) is 2.69. The predicted molar refractivity (Wildman–Crippen MR) is 52.4 cm³/mol. The molecule has 0 unspecified atom stereocenters. The average molecular weight is 266 g/mol. The molecular formula is C10H6F4O2S. The fraction of sp³-hybridized carbons (Fsp3) is 0.200. The van der Waals surface area contributed by atoms with E-state index in [1.807, 2.05) is 0 Å². The van der Waals surface area contributed by atoms with Crippen molar-refractivity contribution in [2.75, 3.05) is 0 Å². The fourth-order valence-corrected chi connectivity index (χ4v) is 2.61. The molecule has 0 N–H and O–H groups in total. The number of allylic oxidation sites excluding steroid dienone is 1. The molecule has 0 amide bonds. The van der Waals surface area contributed by atoms with Gasteiger partial charge in [0, 0.05) is 17.5 Å². The highest BCUT2D eigenvalue weighted by atomic mass is 32.2. The first-order valence-corrected chi connectivity index (χ1v) is 6.08. The number of alkyl halides is 2. The largest absolute Gasteiger partial charge is 0.341 e. The van der Waals surface area contributed by atoms with Gasteiger partial charge in [0.05, 0.1) is 4.90 Å². The van der Waals surface area contributed by atoms with Crippen molar-refractivity contribution in [3.05, 3.63) is 34.9 Å². The van der Waals surface area contributed by atoms with E-state index in [1.54, 1.807) is 0 Å². The minimum Gasteiger partial charge on any atom is -0.218 e. The van der Waals surface area contributed by atoms with Crippen molar-refractivity contribution in [3.63, 3.8) is 0 Å². The van der Waals surface area contributed by atoms with Gasteiger partial charge in [-0.05, 0) is 18.2 Å². The molecule has 2 nitrogen and oxygen atoms in total. The van der Waals surface area contributed by atoms with Gasteiger partial charge in [-0.15, -0.1) is 0 Å². The second-order valence-electron chi connectivity index (χ2n) is 3.51. The van der Waals surface area contributed by atoms with Crippen molar-refractivity contribution in [2.45, 2.75) is 17.1 Å². The summed E-state index contributed by atoms with van der Waals surface area (Å²) in [5.74, 6) is -5.18. The van der Waals surface area contributed by atoms with Crippen LogP contribution in [-0.2, 0) is 16.3 Å². The molecule has 2 rings (SSSR count). The first-order chi connectivity index (χ1) is 7.84. The Kier molecular flexibility index (Phi) is 2.73. The molecule has 0 bridgehead atoms.